The molecule has 1 aromatic rings. The zero-order chi connectivity index (χ0) is 14.3. The number of anilines is 1. The van der Waals surface area contributed by atoms with Gasteiger partial charge in [-0.25, -0.2) is 9.18 Å². The Morgan fingerprint density at radius 3 is 2.68 bits per heavy atom. The lowest BCUT2D eigenvalue weighted by Gasteiger charge is -2.07. The summed E-state index contributed by atoms with van der Waals surface area (Å²) in [5.74, 6) is -1.47. The minimum Gasteiger partial charge on any atom is -0.481 e. The predicted molar refractivity (Wildman–Crippen MR) is 69.9 cm³/mol. The second-order valence-electron chi connectivity index (χ2n) is 3.86. The van der Waals surface area contributed by atoms with Crippen LogP contribution in [0.5, 0.6) is 0 Å². The lowest BCUT2D eigenvalue weighted by molar-refractivity contribution is -0.137. The molecule has 2 amide bonds. The third kappa shape index (κ3) is 6.05. The number of carboxylic acid groups (broad SMARTS) is 1. The second-order valence-corrected chi connectivity index (χ2v) is 4.27. The standard InChI is InChI=1S/C12H14ClFN2O3/c13-9-5-4-8(7-10(9)14)16-12(19)15-6-2-1-3-11(17)18/h4-5,7H,1-3,6H2,(H,17,18)(H2,15,16,19). The lowest BCUT2D eigenvalue weighted by atomic mass is 10.2. The first kappa shape index (κ1) is 15.2. The normalized spacial score (nSPS) is 10.0. The van der Waals surface area contributed by atoms with Crippen molar-refractivity contribution < 1.29 is 19.1 Å². The van der Waals surface area contributed by atoms with Crippen LogP contribution in [0.1, 0.15) is 19.3 Å². The van der Waals surface area contributed by atoms with Gasteiger partial charge in [0, 0.05) is 18.7 Å². The van der Waals surface area contributed by atoms with Crippen molar-refractivity contribution in [1.82, 2.24) is 5.32 Å². The van der Waals surface area contributed by atoms with E-state index in [2.05, 4.69) is 10.6 Å². The maximum atomic E-state index is 13.1. The first-order chi connectivity index (χ1) is 8.99. The number of carbonyl (C=O) groups is 2. The van der Waals surface area contributed by atoms with E-state index in [1.165, 1.54) is 12.1 Å². The summed E-state index contributed by atoms with van der Waals surface area (Å²) in [5, 5.41) is 13.4. The molecule has 0 spiro atoms. The van der Waals surface area contributed by atoms with Gasteiger partial charge in [-0.15, -0.1) is 0 Å². The molecule has 3 N–H and O–H groups in total. The van der Waals surface area contributed by atoms with Gasteiger partial charge in [-0.2, -0.15) is 0 Å². The Kier molecular flexibility index (Phi) is 6.08. The number of unbranched alkanes of at least 4 members (excludes halogenated alkanes) is 1. The number of rotatable bonds is 6. The predicted octanol–water partition coefficient (Wildman–Crippen LogP) is 2.86. The Labute approximate surface area is 114 Å². The van der Waals surface area contributed by atoms with Gasteiger partial charge < -0.3 is 15.7 Å². The largest absolute Gasteiger partial charge is 0.481 e. The van der Waals surface area contributed by atoms with Gasteiger partial charge in [-0.05, 0) is 31.0 Å². The maximum absolute atomic E-state index is 13.1. The Balaban J connectivity index is 2.27. The average molecular weight is 289 g/mol. The van der Waals surface area contributed by atoms with Crippen LogP contribution in [0.4, 0.5) is 14.9 Å². The molecule has 0 fully saturated rings. The summed E-state index contributed by atoms with van der Waals surface area (Å²) in [6, 6.07) is 3.47. The van der Waals surface area contributed by atoms with Crippen LogP contribution in [0.15, 0.2) is 18.2 Å². The molecule has 0 aliphatic heterocycles. The van der Waals surface area contributed by atoms with Crippen molar-refractivity contribution >= 4 is 29.3 Å². The summed E-state index contributed by atoms with van der Waals surface area (Å²) in [7, 11) is 0. The molecule has 0 aromatic heterocycles. The number of amides is 2. The Hall–Kier alpha value is -1.82. The summed E-state index contributed by atoms with van der Waals surface area (Å²) in [6.45, 7) is 0.356. The number of carbonyl (C=O) groups excluding carboxylic acids is 1. The molecule has 1 rings (SSSR count). The van der Waals surface area contributed by atoms with Gasteiger partial charge in [0.2, 0.25) is 0 Å². The molecule has 0 radical (unpaired) electrons. The van der Waals surface area contributed by atoms with Crippen LogP contribution in [-0.2, 0) is 4.79 Å². The molecule has 0 unspecified atom stereocenters. The van der Waals surface area contributed by atoms with Gasteiger partial charge in [0.1, 0.15) is 5.82 Å². The average Bonchev–Trinajstić information content (AvgIpc) is 2.33. The minimum atomic E-state index is -0.860. The van der Waals surface area contributed by atoms with E-state index in [0.717, 1.165) is 6.07 Å². The molecule has 0 saturated heterocycles. The molecular formula is C12H14ClFN2O3. The number of nitrogens with one attached hydrogen (secondary N) is 2. The monoisotopic (exact) mass is 288 g/mol. The van der Waals surface area contributed by atoms with Crippen LogP contribution in [0.25, 0.3) is 0 Å². The van der Waals surface area contributed by atoms with Crippen LogP contribution in [0.2, 0.25) is 5.02 Å². The van der Waals surface area contributed by atoms with Crippen LogP contribution in [-0.4, -0.2) is 23.7 Å². The highest BCUT2D eigenvalue weighted by Gasteiger charge is 2.04. The van der Waals surface area contributed by atoms with Crippen LogP contribution in [0.3, 0.4) is 0 Å². The summed E-state index contributed by atoms with van der Waals surface area (Å²) >= 11 is 5.51. The molecule has 19 heavy (non-hydrogen) atoms. The summed E-state index contributed by atoms with van der Waals surface area (Å²) in [5.41, 5.74) is 0.296. The molecule has 0 heterocycles. The second kappa shape index (κ2) is 7.58. The highest BCUT2D eigenvalue weighted by Crippen LogP contribution is 2.18. The SMILES string of the molecule is O=C(O)CCCCNC(=O)Nc1ccc(Cl)c(F)c1. The molecule has 0 aliphatic rings. The fourth-order valence-electron chi connectivity index (χ4n) is 1.35. The molecular weight excluding hydrogens is 275 g/mol. The van der Waals surface area contributed by atoms with Crippen molar-refractivity contribution in [2.75, 3.05) is 11.9 Å². The quantitative estimate of drug-likeness (QED) is 0.704. The minimum absolute atomic E-state index is 0.0142. The van der Waals surface area contributed by atoms with Crippen LogP contribution < -0.4 is 10.6 Å². The molecule has 1 aromatic carbocycles. The van der Waals surface area contributed by atoms with Crippen molar-refractivity contribution in [2.45, 2.75) is 19.3 Å². The van der Waals surface area contributed by atoms with E-state index in [0.29, 0.717) is 25.1 Å². The van der Waals surface area contributed by atoms with E-state index in [1.807, 2.05) is 0 Å². The number of aliphatic carboxylic acids is 1. The van der Waals surface area contributed by atoms with E-state index in [4.69, 9.17) is 16.7 Å². The number of carboxylic acids is 1. The first-order valence-electron chi connectivity index (χ1n) is 5.70. The fourth-order valence-corrected chi connectivity index (χ4v) is 1.47. The fraction of sp³-hybridized carbons (Fsp3) is 0.333. The number of hydrogen-bond donors (Lipinski definition) is 3. The highest BCUT2D eigenvalue weighted by molar-refractivity contribution is 6.30. The number of urea groups is 1. The van der Waals surface area contributed by atoms with E-state index in [9.17, 15) is 14.0 Å². The Bertz CT molecular complexity index is 468. The topological polar surface area (TPSA) is 78.4 Å². The van der Waals surface area contributed by atoms with Gasteiger partial charge in [0.15, 0.2) is 0 Å². The highest BCUT2D eigenvalue weighted by atomic mass is 35.5. The smallest absolute Gasteiger partial charge is 0.319 e. The van der Waals surface area contributed by atoms with E-state index >= 15 is 0 Å². The third-order valence-corrected chi connectivity index (χ3v) is 2.59. The third-order valence-electron chi connectivity index (χ3n) is 2.28. The van der Waals surface area contributed by atoms with E-state index < -0.39 is 17.8 Å². The van der Waals surface area contributed by atoms with Gasteiger partial charge in [0.05, 0.1) is 5.02 Å². The number of halogens is 2. The van der Waals surface area contributed by atoms with Gasteiger partial charge >= 0.3 is 12.0 Å². The molecule has 5 nitrogen and oxygen atoms in total. The van der Waals surface area contributed by atoms with Crippen molar-refractivity contribution in [1.29, 1.82) is 0 Å². The van der Waals surface area contributed by atoms with Crippen molar-refractivity contribution in [3.63, 3.8) is 0 Å². The molecule has 0 aliphatic carbocycles. The van der Waals surface area contributed by atoms with Crippen LogP contribution >= 0.6 is 11.6 Å². The Morgan fingerprint density at radius 1 is 1.32 bits per heavy atom. The Morgan fingerprint density at radius 2 is 2.05 bits per heavy atom. The van der Waals surface area contributed by atoms with Crippen molar-refractivity contribution in [2.24, 2.45) is 0 Å². The van der Waals surface area contributed by atoms with E-state index in [-0.39, 0.29) is 11.4 Å². The van der Waals surface area contributed by atoms with Crippen LogP contribution in [0, 0.1) is 5.82 Å². The van der Waals surface area contributed by atoms with Crippen molar-refractivity contribution in [3.8, 4) is 0 Å². The molecule has 0 saturated carbocycles. The number of hydrogen-bond acceptors (Lipinski definition) is 2. The van der Waals surface area contributed by atoms with Crippen molar-refractivity contribution in [3.05, 3.63) is 29.0 Å². The molecule has 0 atom stereocenters. The lowest BCUT2D eigenvalue weighted by Crippen LogP contribution is -2.29. The van der Waals surface area contributed by atoms with Gasteiger partial charge in [0.25, 0.3) is 0 Å². The summed E-state index contributed by atoms with van der Waals surface area (Å²) in [6.07, 6.45) is 1.13. The summed E-state index contributed by atoms with van der Waals surface area (Å²) in [4.78, 5) is 21.7. The molecule has 7 heteroatoms. The maximum Gasteiger partial charge on any atom is 0.319 e. The summed E-state index contributed by atoms with van der Waals surface area (Å²) < 4.78 is 13.1. The molecule has 104 valence electrons. The van der Waals surface area contributed by atoms with E-state index in [1.54, 1.807) is 0 Å². The van der Waals surface area contributed by atoms with Gasteiger partial charge in [-0.3, -0.25) is 4.79 Å². The molecule has 0 bridgehead atoms. The number of benzene rings is 1. The zero-order valence-electron chi connectivity index (χ0n) is 10.1. The van der Waals surface area contributed by atoms with Gasteiger partial charge in [-0.1, -0.05) is 11.6 Å². The zero-order valence-corrected chi connectivity index (χ0v) is 10.8. The first-order valence-corrected chi connectivity index (χ1v) is 6.08.